The smallest absolute Gasteiger partial charge is 0.258 e. The number of rotatable bonds is 2. The molecule has 1 unspecified atom stereocenters. The Hall–Kier alpha value is -2.48. The van der Waals surface area contributed by atoms with Crippen molar-refractivity contribution in [3.05, 3.63) is 23.0 Å². The number of pyridine rings is 1. The first-order valence-corrected chi connectivity index (χ1v) is 9.47. The Bertz CT molecular complexity index is 885. The maximum Gasteiger partial charge on any atom is 0.258 e. The van der Waals surface area contributed by atoms with E-state index in [2.05, 4.69) is 22.1 Å². The minimum atomic E-state index is -0.385. The molecule has 0 N–H and O–H groups in total. The molecule has 1 atom stereocenters. The van der Waals surface area contributed by atoms with Gasteiger partial charge in [-0.1, -0.05) is 5.16 Å². The molecule has 0 aromatic carbocycles. The molecule has 144 valence electrons. The summed E-state index contributed by atoms with van der Waals surface area (Å²) in [6, 6.07) is 1.38. The van der Waals surface area contributed by atoms with Crippen LogP contribution in [0.2, 0.25) is 0 Å². The predicted molar refractivity (Wildman–Crippen MR) is 99.4 cm³/mol. The van der Waals surface area contributed by atoms with E-state index >= 15 is 0 Å². The molecule has 0 saturated carbocycles. The third-order valence-electron chi connectivity index (χ3n) is 5.59. The van der Waals surface area contributed by atoms with E-state index < -0.39 is 0 Å². The summed E-state index contributed by atoms with van der Waals surface area (Å²) in [5.74, 6) is -0.0696. The molecule has 2 fully saturated rings. The summed E-state index contributed by atoms with van der Waals surface area (Å²) in [6.45, 7) is 7.40. The van der Waals surface area contributed by atoms with Crippen molar-refractivity contribution in [2.45, 2.75) is 32.7 Å². The number of likely N-dealkylation sites (tertiary alicyclic amines) is 1. The number of hydrogen-bond acceptors (Lipinski definition) is 6. The normalized spacial score (nSPS) is 21.2. The topological polar surface area (TPSA) is 82.8 Å². The van der Waals surface area contributed by atoms with Crippen LogP contribution >= 0.6 is 0 Å². The highest BCUT2D eigenvalue weighted by molar-refractivity contribution is 6.07. The number of amides is 2. The molecule has 2 aromatic heterocycles. The number of fused-ring (bicyclic) bond motifs is 1. The van der Waals surface area contributed by atoms with Crippen molar-refractivity contribution >= 4 is 22.9 Å². The van der Waals surface area contributed by atoms with Gasteiger partial charge in [-0.3, -0.25) is 9.59 Å². The van der Waals surface area contributed by atoms with Gasteiger partial charge in [0.15, 0.2) is 0 Å². The molecule has 2 amide bonds. The minimum Gasteiger partial charge on any atom is -0.338 e. The van der Waals surface area contributed by atoms with Crippen molar-refractivity contribution in [3.8, 4) is 0 Å². The van der Waals surface area contributed by atoms with Gasteiger partial charge in [0.1, 0.15) is 6.04 Å². The van der Waals surface area contributed by atoms with E-state index in [-0.39, 0.29) is 17.9 Å². The van der Waals surface area contributed by atoms with Gasteiger partial charge in [-0.2, -0.15) is 0 Å². The van der Waals surface area contributed by atoms with E-state index in [0.717, 1.165) is 32.6 Å². The zero-order valence-corrected chi connectivity index (χ0v) is 16.1. The third-order valence-corrected chi connectivity index (χ3v) is 5.59. The summed E-state index contributed by atoms with van der Waals surface area (Å²) in [7, 11) is 2.06. The second-order valence-electron chi connectivity index (χ2n) is 7.54. The van der Waals surface area contributed by atoms with Crippen LogP contribution in [0, 0.1) is 13.8 Å². The molecule has 8 nitrogen and oxygen atoms in total. The average Bonchev–Trinajstić information content (AvgIpc) is 3.28. The lowest BCUT2D eigenvalue weighted by molar-refractivity contribution is -0.136. The number of nitrogens with zero attached hydrogens (tertiary/aromatic N) is 5. The van der Waals surface area contributed by atoms with Crippen molar-refractivity contribution in [2.24, 2.45) is 0 Å². The predicted octanol–water partition coefficient (Wildman–Crippen LogP) is 1.22. The van der Waals surface area contributed by atoms with Crippen LogP contribution in [0.15, 0.2) is 10.6 Å². The molecule has 4 heterocycles. The first-order chi connectivity index (χ1) is 13.0. The largest absolute Gasteiger partial charge is 0.338 e. The van der Waals surface area contributed by atoms with Crippen molar-refractivity contribution in [1.82, 2.24) is 24.8 Å². The van der Waals surface area contributed by atoms with Crippen molar-refractivity contribution in [3.63, 3.8) is 0 Å². The van der Waals surface area contributed by atoms with Gasteiger partial charge in [0.2, 0.25) is 5.91 Å². The van der Waals surface area contributed by atoms with E-state index in [0.29, 0.717) is 41.0 Å². The standard InChI is InChI=1S/C19H25N5O3/c1-12-11-14(16-13(2)21-27-17(16)20-12)18(25)24-6-4-5-15(24)19(26)23-9-7-22(3)8-10-23/h11,15H,4-10H2,1-3H3. The molecule has 0 radical (unpaired) electrons. The molecule has 4 rings (SSSR count). The van der Waals surface area contributed by atoms with Crippen LogP contribution in [0.25, 0.3) is 11.1 Å². The van der Waals surface area contributed by atoms with E-state index in [1.165, 1.54) is 0 Å². The van der Waals surface area contributed by atoms with Crippen LogP contribution in [-0.4, -0.2) is 82.5 Å². The van der Waals surface area contributed by atoms with Crippen molar-refractivity contribution < 1.29 is 14.1 Å². The molecular formula is C19H25N5O3. The summed E-state index contributed by atoms with van der Waals surface area (Å²) >= 11 is 0. The van der Waals surface area contributed by atoms with Gasteiger partial charge in [-0.25, -0.2) is 4.98 Å². The van der Waals surface area contributed by atoms with Gasteiger partial charge in [-0.05, 0) is 39.8 Å². The van der Waals surface area contributed by atoms with Crippen molar-refractivity contribution in [2.75, 3.05) is 39.8 Å². The van der Waals surface area contributed by atoms with Gasteiger partial charge in [0, 0.05) is 38.4 Å². The van der Waals surface area contributed by atoms with Gasteiger partial charge in [-0.15, -0.1) is 0 Å². The summed E-state index contributed by atoms with van der Waals surface area (Å²) in [4.78, 5) is 36.6. The van der Waals surface area contributed by atoms with E-state index in [1.807, 2.05) is 11.8 Å². The molecule has 2 aromatic rings. The number of carbonyl (C=O) groups excluding carboxylic acids is 2. The maximum absolute atomic E-state index is 13.4. The number of aromatic nitrogens is 2. The Morgan fingerprint density at radius 2 is 1.89 bits per heavy atom. The Balaban J connectivity index is 1.62. The van der Waals surface area contributed by atoms with E-state index in [9.17, 15) is 9.59 Å². The Morgan fingerprint density at radius 3 is 2.63 bits per heavy atom. The second kappa shape index (κ2) is 6.92. The molecule has 2 aliphatic rings. The molecule has 2 aliphatic heterocycles. The number of aryl methyl sites for hydroxylation is 2. The summed E-state index contributed by atoms with van der Waals surface area (Å²) in [5.41, 5.74) is 2.23. The van der Waals surface area contributed by atoms with Crippen LogP contribution < -0.4 is 0 Å². The first-order valence-electron chi connectivity index (χ1n) is 9.47. The molecule has 2 saturated heterocycles. The maximum atomic E-state index is 13.4. The highest BCUT2D eigenvalue weighted by atomic mass is 16.5. The van der Waals surface area contributed by atoms with Gasteiger partial charge < -0.3 is 19.2 Å². The Kier molecular flexibility index (Phi) is 4.59. The summed E-state index contributed by atoms with van der Waals surface area (Å²) in [6.07, 6.45) is 1.55. The fraction of sp³-hybridized carbons (Fsp3) is 0.579. The zero-order valence-electron chi connectivity index (χ0n) is 16.1. The molecule has 8 heteroatoms. The highest BCUT2D eigenvalue weighted by Crippen LogP contribution is 2.27. The van der Waals surface area contributed by atoms with E-state index in [1.54, 1.807) is 17.9 Å². The number of piperazine rings is 1. The second-order valence-corrected chi connectivity index (χ2v) is 7.54. The lowest BCUT2D eigenvalue weighted by Crippen LogP contribution is -2.53. The summed E-state index contributed by atoms with van der Waals surface area (Å²) < 4.78 is 5.25. The fourth-order valence-corrected chi connectivity index (χ4v) is 4.05. The third kappa shape index (κ3) is 3.18. The van der Waals surface area contributed by atoms with Crippen LogP contribution in [0.4, 0.5) is 0 Å². The minimum absolute atomic E-state index is 0.0676. The van der Waals surface area contributed by atoms with Gasteiger partial charge in [0.25, 0.3) is 11.6 Å². The Labute approximate surface area is 158 Å². The first kappa shape index (κ1) is 17.9. The highest BCUT2D eigenvalue weighted by Gasteiger charge is 2.38. The van der Waals surface area contributed by atoms with Gasteiger partial charge in [0.05, 0.1) is 16.6 Å². The van der Waals surface area contributed by atoms with E-state index in [4.69, 9.17) is 4.52 Å². The molecular weight excluding hydrogens is 346 g/mol. The van der Waals surface area contributed by atoms with Crippen LogP contribution in [-0.2, 0) is 4.79 Å². The number of likely N-dealkylation sites (N-methyl/N-ethyl adjacent to an activating group) is 1. The number of hydrogen-bond donors (Lipinski definition) is 0. The lowest BCUT2D eigenvalue weighted by atomic mass is 10.1. The Morgan fingerprint density at radius 1 is 1.15 bits per heavy atom. The fourth-order valence-electron chi connectivity index (χ4n) is 4.05. The SMILES string of the molecule is Cc1cc(C(=O)N2CCCC2C(=O)N2CCN(C)CC2)c2c(C)noc2n1. The lowest BCUT2D eigenvalue weighted by Gasteiger charge is -2.35. The molecule has 0 spiro atoms. The van der Waals surface area contributed by atoms with Gasteiger partial charge >= 0.3 is 0 Å². The molecule has 0 bridgehead atoms. The quantitative estimate of drug-likeness (QED) is 0.789. The monoisotopic (exact) mass is 371 g/mol. The van der Waals surface area contributed by atoms with Crippen LogP contribution in [0.3, 0.4) is 0 Å². The molecule has 0 aliphatic carbocycles. The number of carbonyl (C=O) groups is 2. The average molecular weight is 371 g/mol. The van der Waals surface area contributed by atoms with Crippen LogP contribution in [0.1, 0.15) is 34.6 Å². The zero-order chi connectivity index (χ0) is 19.1. The van der Waals surface area contributed by atoms with Crippen molar-refractivity contribution in [1.29, 1.82) is 0 Å². The molecule has 27 heavy (non-hydrogen) atoms. The summed E-state index contributed by atoms with van der Waals surface area (Å²) in [5, 5.41) is 4.60. The van der Waals surface area contributed by atoms with Crippen LogP contribution in [0.5, 0.6) is 0 Å².